The molecule has 1 rings (SSSR count). The lowest BCUT2D eigenvalue weighted by atomic mass is 9.97. The fraction of sp³-hybridized carbons (Fsp3) is 1.00. The third-order valence-corrected chi connectivity index (χ3v) is 4.21. The van der Waals surface area contributed by atoms with Gasteiger partial charge in [-0.3, -0.25) is 0 Å². The van der Waals surface area contributed by atoms with Gasteiger partial charge in [0.05, 0.1) is 19.1 Å². The first-order chi connectivity index (χ1) is 9.63. The highest BCUT2D eigenvalue weighted by Gasteiger charge is 2.36. The van der Waals surface area contributed by atoms with E-state index in [9.17, 15) is 13.2 Å². The topological polar surface area (TPSA) is 61.6 Å². The number of halogens is 3. The quantitative estimate of drug-likeness (QED) is 0.619. The summed E-state index contributed by atoms with van der Waals surface area (Å²) in [5.74, 6) is 0. The van der Waals surface area contributed by atoms with Gasteiger partial charge in [-0.2, -0.15) is 13.2 Å². The van der Waals surface area contributed by atoms with Crippen molar-refractivity contribution >= 4 is 10.1 Å². The maximum Gasteiger partial charge on any atom is 0.485 e. The van der Waals surface area contributed by atoms with Crippen LogP contribution in [-0.4, -0.2) is 37.6 Å². The highest BCUT2D eigenvalue weighted by atomic mass is 32.2. The number of alkyl halides is 3. The fourth-order valence-electron chi connectivity index (χ4n) is 2.60. The standard InChI is InChI=1S/C12H25N.CHF3O3S/c1-3-5-8-12-9-6-7-11-13(12)10-4-2;2-1(3,4)8(5,6)7/h12H,3-11H2,1-2H3;(H,5,6,7). The summed E-state index contributed by atoms with van der Waals surface area (Å²) in [6.07, 6.45) is 10.1. The Morgan fingerprint density at radius 2 is 1.76 bits per heavy atom. The number of piperidine rings is 1. The van der Waals surface area contributed by atoms with E-state index >= 15 is 0 Å². The van der Waals surface area contributed by atoms with Crippen LogP contribution in [0.2, 0.25) is 0 Å². The summed E-state index contributed by atoms with van der Waals surface area (Å²) < 4.78 is 58.9. The maximum absolute atomic E-state index is 10.7. The fourth-order valence-corrected chi connectivity index (χ4v) is 2.60. The summed E-state index contributed by atoms with van der Waals surface area (Å²) in [6, 6.07) is 1.01. The van der Waals surface area contributed by atoms with Gasteiger partial charge in [0.2, 0.25) is 0 Å². The van der Waals surface area contributed by atoms with E-state index in [1.165, 1.54) is 58.0 Å². The number of hydrogen-bond donors (Lipinski definition) is 1. The molecule has 0 bridgehead atoms. The molecule has 0 spiro atoms. The van der Waals surface area contributed by atoms with Crippen molar-refractivity contribution in [1.29, 1.82) is 0 Å². The van der Waals surface area contributed by atoms with Gasteiger partial charge in [-0.15, -0.1) is 0 Å². The van der Waals surface area contributed by atoms with Crippen molar-refractivity contribution in [2.45, 2.75) is 70.3 Å². The molecule has 0 radical (unpaired) electrons. The van der Waals surface area contributed by atoms with Gasteiger partial charge < -0.3 is 9.45 Å². The second-order valence-electron chi connectivity index (χ2n) is 5.39. The van der Waals surface area contributed by atoms with Gasteiger partial charge in [0.15, 0.2) is 10.1 Å². The van der Waals surface area contributed by atoms with Crippen molar-refractivity contribution in [2.75, 3.05) is 13.1 Å². The van der Waals surface area contributed by atoms with Gasteiger partial charge in [0.1, 0.15) is 0 Å². The molecule has 0 aliphatic carbocycles. The molecule has 2 unspecified atom stereocenters. The molecular formula is C13H26F3NO3S. The summed E-state index contributed by atoms with van der Waals surface area (Å²) in [4.78, 5) is 1.90. The average Bonchev–Trinajstić information content (AvgIpc) is 2.36. The van der Waals surface area contributed by atoms with E-state index in [4.69, 9.17) is 13.0 Å². The Labute approximate surface area is 125 Å². The number of nitrogens with one attached hydrogen (secondary N) is 1. The van der Waals surface area contributed by atoms with Crippen LogP contribution in [0, 0.1) is 0 Å². The van der Waals surface area contributed by atoms with Crippen LogP contribution >= 0.6 is 0 Å². The number of rotatable bonds is 5. The number of likely N-dealkylation sites (tertiary alicyclic amines) is 1. The summed E-state index contributed by atoms with van der Waals surface area (Å²) in [5, 5.41) is 0. The zero-order valence-corrected chi connectivity index (χ0v) is 13.5. The van der Waals surface area contributed by atoms with Crippen LogP contribution in [0.5, 0.6) is 0 Å². The van der Waals surface area contributed by atoms with Crippen LogP contribution < -0.4 is 4.90 Å². The molecular weight excluding hydrogens is 307 g/mol. The van der Waals surface area contributed by atoms with E-state index in [-0.39, 0.29) is 0 Å². The van der Waals surface area contributed by atoms with Crippen molar-refractivity contribution in [1.82, 2.24) is 0 Å². The third-order valence-electron chi connectivity index (χ3n) is 3.64. The Morgan fingerprint density at radius 1 is 1.19 bits per heavy atom. The van der Waals surface area contributed by atoms with Crippen molar-refractivity contribution in [3.05, 3.63) is 0 Å². The van der Waals surface area contributed by atoms with E-state index in [1.54, 1.807) is 0 Å². The molecule has 0 aromatic rings. The number of unbranched alkanes of at least 4 members (excludes halogenated alkanes) is 1. The molecule has 2 atom stereocenters. The molecule has 128 valence electrons. The van der Waals surface area contributed by atoms with Crippen molar-refractivity contribution < 1.29 is 31.0 Å². The highest BCUT2D eigenvalue weighted by Crippen LogP contribution is 2.20. The van der Waals surface area contributed by atoms with Crippen molar-refractivity contribution in [2.24, 2.45) is 0 Å². The van der Waals surface area contributed by atoms with Crippen LogP contribution in [0.3, 0.4) is 0 Å². The van der Waals surface area contributed by atoms with Gasteiger partial charge in [0.25, 0.3) is 0 Å². The molecule has 4 nitrogen and oxygen atoms in total. The minimum Gasteiger partial charge on any atom is -0.741 e. The Bertz CT molecular complexity index is 369. The van der Waals surface area contributed by atoms with Gasteiger partial charge in [0, 0.05) is 0 Å². The van der Waals surface area contributed by atoms with E-state index in [0.717, 1.165) is 6.04 Å². The Balaban J connectivity index is 0.000000433. The van der Waals surface area contributed by atoms with Crippen molar-refractivity contribution in [3.63, 3.8) is 0 Å². The summed E-state index contributed by atoms with van der Waals surface area (Å²) in [6.45, 7) is 7.48. The molecule has 0 aromatic carbocycles. The van der Waals surface area contributed by atoms with Gasteiger partial charge in [-0.05, 0) is 38.5 Å². The van der Waals surface area contributed by atoms with Crippen LogP contribution in [0.15, 0.2) is 0 Å². The zero-order chi connectivity index (χ0) is 16.5. The lowest BCUT2D eigenvalue weighted by molar-refractivity contribution is -0.931. The molecule has 1 aliphatic rings. The first-order valence-electron chi connectivity index (χ1n) is 7.50. The van der Waals surface area contributed by atoms with E-state index < -0.39 is 15.6 Å². The molecule has 1 saturated heterocycles. The van der Waals surface area contributed by atoms with Crippen LogP contribution in [0.25, 0.3) is 0 Å². The SMILES string of the molecule is CCCCC1CCCC[NH+]1CCC.O=S(=O)([O-])C(F)(F)F. The highest BCUT2D eigenvalue weighted by molar-refractivity contribution is 7.86. The first-order valence-corrected chi connectivity index (χ1v) is 8.91. The maximum atomic E-state index is 10.7. The minimum absolute atomic E-state index is 1.01. The molecule has 1 heterocycles. The van der Waals surface area contributed by atoms with Crippen LogP contribution in [0.1, 0.15) is 58.8 Å². The number of quaternary nitrogens is 1. The smallest absolute Gasteiger partial charge is 0.485 e. The molecule has 8 heteroatoms. The zero-order valence-electron chi connectivity index (χ0n) is 12.7. The van der Waals surface area contributed by atoms with E-state index in [2.05, 4.69) is 13.8 Å². The summed E-state index contributed by atoms with van der Waals surface area (Å²) >= 11 is 0. The lowest BCUT2D eigenvalue weighted by Gasteiger charge is -2.32. The largest absolute Gasteiger partial charge is 0.741 e. The normalized spacial score (nSPS) is 23.3. The van der Waals surface area contributed by atoms with Crippen LogP contribution in [-0.2, 0) is 10.1 Å². The summed E-state index contributed by atoms with van der Waals surface area (Å²) in [5.41, 5.74) is -5.65. The second kappa shape index (κ2) is 9.63. The molecule has 1 aliphatic heterocycles. The Morgan fingerprint density at radius 3 is 2.19 bits per heavy atom. The van der Waals surface area contributed by atoms with Crippen LogP contribution in [0.4, 0.5) is 13.2 Å². The number of hydrogen-bond acceptors (Lipinski definition) is 3. The summed E-state index contributed by atoms with van der Waals surface area (Å²) in [7, 11) is -6.09. The molecule has 1 N–H and O–H groups in total. The predicted octanol–water partition coefficient (Wildman–Crippen LogP) is 2.08. The van der Waals surface area contributed by atoms with E-state index in [1.807, 2.05) is 4.90 Å². The molecule has 0 saturated carbocycles. The van der Waals surface area contributed by atoms with Crippen molar-refractivity contribution in [3.8, 4) is 0 Å². The average molecular weight is 333 g/mol. The first kappa shape index (κ1) is 20.7. The predicted molar refractivity (Wildman–Crippen MR) is 73.9 cm³/mol. The lowest BCUT2D eigenvalue weighted by Crippen LogP contribution is -3.16. The molecule has 0 amide bonds. The monoisotopic (exact) mass is 333 g/mol. The van der Waals surface area contributed by atoms with Gasteiger partial charge in [-0.1, -0.05) is 20.3 Å². The molecule has 0 aromatic heterocycles. The second-order valence-corrected chi connectivity index (χ2v) is 6.76. The van der Waals surface area contributed by atoms with Gasteiger partial charge in [-0.25, -0.2) is 8.42 Å². The van der Waals surface area contributed by atoms with E-state index in [0.29, 0.717) is 0 Å². The van der Waals surface area contributed by atoms with Gasteiger partial charge >= 0.3 is 5.51 Å². The molecule has 1 fully saturated rings. The third kappa shape index (κ3) is 8.63. The molecule has 21 heavy (non-hydrogen) atoms. The Kier molecular flexibility index (Phi) is 9.48. The minimum atomic E-state index is -6.09. The Hall–Kier alpha value is -0.340.